The Bertz CT molecular complexity index is 539. The van der Waals surface area contributed by atoms with Crippen LogP contribution in [-0.2, 0) is 0 Å². The highest BCUT2D eigenvalue weighted by molar-refractivity contribution is 5.43. The molecule has 2 aromatic carbocycles. The SMILES string of the molecule is Nc1ccc(Oc2ccc(C(O)C(O)CO)cc2)cc1. The molecule has 0 aliphatic rings. The van der Waals surface area contributed by atoms with Crippen LogP contribution in [0.5, 0.6) is 11.5 Å². The highest BCUT2D eigenvalue weighted by Gasteiger charge is 2.17. The molecule has 5 nitrogen and oxygen atoms in total. The van der Waals surface area contributed by atoms with Gasteiger partial charge < -0.3 is 25.8 Å². The molecule has 0 radical (unpaired) electrons. The van der Waals surface area contributed by atoms with Gasteiger partial charge in [-0.1, -0.05) is 12.1 Å². The summed E-state index contributed by atoms with van der Waals surface area (Å²) in [5.74, 6) is 1.26. The minimum atomic E-state index is -1.20. The maximum atomic E-state index is 9.74. The standard InChI is InChI=1S/C15H17NO4/c16-11-3-7-13(8-4-11)20-12-5-1-10(2-6-12)15(19)14(18)9-17/h1-8,14-15,17-19H,9,16H2. The lowest BCUT2D eigenvalue weighted by molar-refractivity contribution is -0.0152. The Morgan fingerprint density at radius 3 is 1.90 bits per heavy atom. The Hall–Kier alpha value is -2.08. The summed E-state index contributed by atoms with van der Waals surface area (Å²) in [7, 11) is 0. The van der Waals surface area contributed by atoms with E-state index in [1.807, 2.05) is 0 Å². The minimum absolute atomic E-state index is 0.495. The molecule has 0 saturated heterocycles. The third-order valence-corrected chi connectivity index (χ3v) is 2.89. The molecule has 2 unspecified atom stereocenters. The zero-order chi connectivity index (χ0) is 14.5. The number of nitrogen functional groups attached to an aromatic ring is 1. The molecule has 5 heteroatoms. The molecule has 0 saturated carbocycles. The highest BCUT2D eigenvalue weighted by atomic mass is 16.5. The van der Waals surface area contributed by atoms with E-state index in [0.29, 0.717) is 22.7 Å². The average Bonchev–Trinajstić information content (AvgIpc) is 2.49. The average molecular weight is 275 g/mol. The highest BCUT2D eigenvalue weighted by Crippen LogP contribution is 2.25. The summed E-state index contributed by atoms with van der Waals surface area (Å²) >= 11 is 0. The fourth-order valence-electron chi connectivity index (χ4n) is 1.73. The third kappa shape index (κ3) is 3.48. The van der Waals surface area contributed by atoms with Crippen molar-refractivity contribution in [3.8, 4) is 11.5 Å². The topological polar surface area (TPSA) is 95.9 Å². The first-order valence-electron chi connectivity index (χ1n) is 6.20. The second kappa shape index (κ2) is 6.38. The maximum Gasteiger partial charge on any atom is 0.127 e. The predicted molar refractivity (Wildman–Crippen MR) is 75.4 cm³/mol. The van der Waals surface area contributed by atoms with Crippen LogP contribution in [0.15, 0.2) is 48.5 Å². The fourth-order valence-corrected chi connectivity index (χ4v) is 1.73. The second-order valence-corrected chi connectivity index (χ2v) is 4.43. The van der Waals surface area contributed by atoms with Crippen molar-refractivity contribution in [2.45, 2.75) is 12.2 Å². The van der Waals surface area contributed by atoms with E-state index < -0.39 is 18.8 Å². The lowest BCUT2D eigenvalue weighted by Crippen LogP contribution is -2.21. The molecule has 2 atom stereocenters. The van der Waals surface area contributed by atoms with Crippen LogP contribution in [-0.4, -0.2) is 28.0 Å². The molecule has 0 aliphatic carbocycles. The van der Waals surface area contributed by atoms with Crippen molar-refractivity contribution in [1.29, 1.82) is 0 Å². The Morgan fingerprint density at radius 1 is 0.900 bits per heavy atom. The van der Waals surface area contributed by atoms with E-state index in [1.54, 1.807) is 48.5 Å². The molecule has 0 spiro atoms. The van der Waals surface area contributed by atoms with Gasteiger partial charge in [0.1, 0.15) is 23.7 Å². The van der Waals surface area contributed by atoms with Gasteiger partial charge in [-0.25, -0.2) is 0 Å². The summed E-state index contributed by atoms with van der Waals surface area (Å²) in [4.78, 5) is 0. The van der Waals surface area contributed by atoms with E-state index in [4.69, 9.17) is 15.6 Å². The molecule has 0 bridgehead atoms. The summed E-state index contributed by atoms with van der Waals surface area (Å²) in [6.07, 6.45) is -2.32. The smallest absolute Gasteiger partial charge is 0.127 e. The number of aliphatic hydroxyl groups excluding tert-OH is 3. The normalized spacial score (nSPS) is 13.8. The van der Waals surface area contributed by atoms with Gasteiger partial charge in [-0.15, -0.1) is 0 Å². The van der Waals surface area contributed by atoms with Gasteiger partial charge in [0, 0.05) is 5.69 Å². The molecule has 0 aliphatic heterocycles. The van der Waals surface area contributed by atoms with Gasteiger partial charge in [0.15, 0.2) is 0 Å². The first-order chi connectivity index (χ1) is 9.60. The van der Waals surface area contributed by atoms with Crippen LogP contribution in [0.2, 0.25) is 0 Å². The molecule has 0 heterocycles. The van der Waals surface area contributed by atoms with Crippen LogP contribution in [0.25, 0.3) is 0 Å². The Morgan fingerprint density at radius 2 is 1.40 bits per heavy atom. The van der Waals surface area contributed by atoms with Crippen LogP contribution in [0.4, 0.5) is 5.69 Å². The van der Waals surface area contributed by atoms with Gasteiger partial charge in [-0.05, 0) is 42.0 Å². The predicted octanol–water partition coefficient (Wildman–Crippen LogP) is 1.45. The molecule has 5 N–H and O–H groups in total. The second-order valence-electron chi connectivity index (χ2n) is 4.43. The Kier molecular flexibility index (Phi) is 4.57. The van der Waals surface area contributed by atoms with Gasteiger partial charge >= 0.3 is 0 Å². The first kappa shape index (κ1) is 14.3. The van der Waals surface area contributed by atoms with E-state index in [9.17, 15) is 10.2 Å². The zero-order valence-corrected chi connectivity index (χ0v) is 10.8. The van der Waals surface area contributed by atoms with Crippen molar-refractivity contribution in [2.75, 3.05) is 12.3 Å². The maximum absolute atomic E-state index is 9.74. The number of rotatable bonds is 5. The number of anilines is 1. The summed E-state index contributed by atoms with van der Waals surface area (Å²) in [5.41, 5.74) is 6.76. The largest absolute Gasteiger partial charge is 0.457 e. The van der Waals surface area contributed by atoms with Crippen molar-refractivity contribution in [3.05, 3.63) is 54.1 Å². The molecule has 2 aromatic rings. The number of nitrogens with two attached hydrogens (primary N) is 1. The monoisotopic (exact) mass is 275 g/mol. The van der Waals surface area contributed by atoms with Gasteiger partial charge in [-0.2, -0.15) is 0 Å². The van der Waals surface area contributed by atoms with Crippen LogP contribution in [0.3, 0.4) is 0 Å². The van der Waals surface area contributed by atoms with E-state index in [2.05, 4.69) is 0 Å². The van der Waals surface area contributed by atoms with Crippen LogP contribution in [0, 0.1) is 0 Å². The van der Waals surface area contributed by atoms with Gasteiger partial charge in [0.05, 0.1) is 6.61 Å². The van der Waals surface area contributed by atoms with E-state index in [1.165, 1.54) is 0 Å². The number of ether oxygens (including phenoxy) is 1. The van der Waals surface area contributed by atoms with E-state index in [0.717, 1.165) is 0 Å². The van der Waals surface area contributed by atoms with Crippen molar-refractivity contribution < 1.29 is 20.1 Å². The molecule has 0 aromatic heterocycles. The lowest BCUT2D eigenvalue weighted by Gasteiger charge is -2.16. The molecule has 106 valence electrons. The summed E-state index contributed by atoms with van der Waals surface area (Å²) in [6.45, 7) is -0.495. The Balaban J connectivity index is 2.06. The number of aliphatic hydroxyl groups is 3. The molecular weight excluding hydrogens is 258 g/mol. The summed E-state index contributed by atoms with van der Waals surface area (Å²) in [6, 6.07) is 13.6. The number of hydrogen-bond donors (Lipinski definition) is 4. The van der Waals surface area contributed by atoms with E-state index in [-0.39, 0.29) is 0 Å². The lowest BCUT2D eigenvalue weighted by atomic mass is 10.1. The zero-order valence-electron chi connectivity index (χ0n) is 10.8. The van der Waals surface area contributed by atoms with Gasteiger partial charge in [0.2, 0.25) is 0 Å². The summed E-state index contributed by atoms with van der Waals surface area (Å²) < 4.78 is 5.61. The van der Waals surface area contributed by atoms with Crippen LogP contribution < -0.4 is 10.5 Å². The first-order valence-corrected chi connectivity index (χ1v) is 6.20. The molecular formula is C15H17NO4. The van der Waals surface area contributed by atoms with Crippen LogP contribution in [0.1, 0.15) is 11.7 Å². The van der Waals surface area contributed by atoms with Gasteiger partial charge in [0.25, 0.3) is 0 Å². The molecule has 0 amide bonds. The molecule has 0 fully saturated rings. The Labute approximate surface area is 116 Å². The van der Waals surface area contributed by atoms with Gasteiger partial charge in [-0.3, -0.25) is 0 Å². The molecule has 2 rings (SSSR count). The van der Waals surface area contributed by atoms with Crippen molar-refractivity contribution >= 4 is 5.69 Å². The quantitative estimate of drug-likeness (QED) is 0.619. The van der Waals surface area contributed by atoms with Crippen molar-refractivity contribution in [2.24, 2.45) is 0 Å². The number of benzene rings is 2. The van der Waals surface area contributed by atoms with Crippen molar-refractivity contribution in [1.82, 2.24) is 0 Å². The molecule has 20 heavy (non-hydrogen) atoms. The van der Waals surface area contributed by atoms with Crippen LogP contribution >= 0.6 is 0 Å². The number of hydrogen-bond acceptors (Lipinski definition) is 5. The van der Waals surface area contributed by atoms with Crippen molar-refractivity contribution in [3.63, 3.8) is 0 Å². The minimum Gasteiger partial charge on any atom is -0.457 e. The van der Waals surface area contributed by atoms with E-state index >= 15 is 0 Å². The summed E-state index contributed by atoms with van der Waals surface area (Å²) in [5, 5.41) is 27.9. The third-order valence-electron chi connectivity index (χ3n) is 2.89. The fraction of sp³-hybridized carbons (Fsp3) is 0.200.